The maximum atomic E-state index is 12.5. The van der Waals surface area contributed by atoms with Gasteiger partial charge in [0.05, 0.1) is 19.1 Å². The van der Waals surface area contributed by atoms with Crippen LogP contribution in [0.2, 0.25) is 0 Å². The van der Waals surface area contributed by atoms with E-state index >= 15 is 0 Å². The van der Waals surface area contributed by atoms with Gasteiger partial charge in [0.25, 0.3) is 0 Å². The minimum atomic E-state index is -3.88. The van der Waals surface area contributed by atoms with Gasteiger partial charge in [-0.05, 0) is 30.3 Å². The molecule has 0 unspecified atom stereocenters. The van der Waals surface area contributed by atoms with E-state index in [1.165, 1.54) is 32.4 Å². The molecule has 0 aliphatic carbocycles. The molecule has 0 fully saturated rings. The summed E-state index contributed by atoms with van der Waals surface area (Å²) in [6.45, 7) is 0. The second-order valence-corrected chi connectivity index (χ2v) is 6.46. The van der Waals surface area contributed by atoms with E-state index in [2.05, 4.69) is 0 Å². The van der Waals surface area contributed by atoms with E-state index in [0.717, 1.165) is 0 Å². The Morgan fingerprint density at radius 1 is 1.09 bits per heavy atom. The molecule has 0 heterocycles. The van der Waals surface area contributed by atoms with Crippen molar-refractivity contribution in [2.24, 2.45) is 0 Å². The predicted molar refractivity (Wildman–Crippen MR) is 86.8 cm³/mol. The van der Waals surface area contributed by atoms with Gasteiger partial charge in [-0.2, -0.15) is 5.26 Å². The molecule has 0 aliphatic heterocycles. The topological polar surface area (TPSA) is 76.4 Å². The molecule has 0 spiro atoms. The summed E-state index contributed by atoms with van der Waals surface area (Å²) in [7, 11) is -0.896. The predicted octanol–water partition coefficient (Wildman–Crippen LogP) is 3.04. The fourth-order valence-electron chi connectivity index (χ4n) is 1.98. The summed E-state index contributed by atoms with van der Waals surface area (Å²) in [5, 5.41) is 9.29. The van der Waals surface area contributed by atoms with E-state index in [4.69, 9.17) is 9.47 Å². The van der Waals surface area contributed by atoms with Crippen molar-refractivity contribution in [2.75, 3.05) is 14.2 Å². The third-order valence-corrected chi connectivity index (χ3v) is 4.86. The first-order valence-electron chi connectivity index (χ1n) is 6.67. The second-order valence-electron chi connectivity index (χ2n) is 4.54. The van der Waals surface area contributed by atoms with Crippen molar-refractivity contribution in [1.82, 2.24) is 0 Å². The van der Waals surface area contributed by atoms with Gasteiger partial charge in [-0.3, -0.25) is 0 Å². The SMILES string of the molecule is COc1ccc(C=C(C#N)S(=O)(=O)c2ccccc2)c(OC)c1. The van der Waals surface area contributed by atoms with Gasteiger partial charge < -0.3 is 9.47 Å². The highest BCUT2D eigenvalue weighted by molar-refractivity contribution is 7.95. The molecule has 2 rings (SSSR count). The average Bonchev–Trinajstić information content (AvgIpc) is 2.60. The number of hydrogen-bond donors (Lipinski definition) is 0. The van der Waals surface area contributed by atoms with Gasteiger partial charge >= 0.3 is 0 Å². The van der Waals surface area contributed by atoms with E-state index in [0.29, 0.717) is 17.1 Å². The normalized spacial score (nSPS) is 11.6. The Morgan fingerprint density at radius 2 is 1.78 bits per heavy atom. The summed E-state index contributed by atoms with van der Waals surface area (Å²) in [6.07, 6.45) is 1.29. The van der Waals surface area contributed by atoms with Gasteiger partial charge in [0.1, 0.15) is 22.5 Å². The van der Waals surface area contributed by atoms with Crippen LogP contribution >= 0.6 is 0 Å². The maximum Gasteiger partial charge on any atom is 0.216 e. The van der Waals surface area contributed by atoms with Crippen molar-refractivity contribution in [2.45, 2.75) is 4.90 Å². The van der Waals surface area contributed by atoms with Gasteiger partial charge in [-0.25, -0.2) is 8.42 Å². The molecule has 0 saturated heterocycles. The van der Waals surface area contributed by atoms with Crippen LogP contribution in [0.4, 0.5) is 0 Å². The third-order valence-electron chi connectivity index (χ3n) is 3.18. The molecule has 0 bridgehead atoms. The number of rotatable bonds is 5. The minimum absolute atomic E-state index is 0.0697. The number of methoxy groups -OCH3 is 2. The highest BCUT2D eigenvalue weighted by Gasteiger charge is 2.21. The molecule has 0 aromatic heterocycles. The first-order valence-corrected chi connectivity index (χ1v) is 8.15. The molecule has 2 aromatic carbocycles. The Kier molecular flexibility index (Phi) is 5.04. The smallest absolute Gasteiger partial charge is 0.216 e. The summed E-state index contributed by atoms with van der Waals surface area (Å²) >= 11 is 0. The molecule has 0 radical (unpaired) electrons. The van der Waals surface area contributed by atoms with E-state index < -0.39 is 9.84 Å². The van der Waals surface area contributed by atoms with Gasteiger partial charge in [-0.15, -0.1) is 0 Å². The zero-order chi connectivity index (χ0) is 16.9. The molecule has 0 atom stereocenters. The highest BCUT2D eigenvalue weighted by atomic mass is 32.2. The molecule has 2 aromatic rings. The van der Waals surface area contributed by atoms with Crippen LogP contribution in [-0.4, -0.2) is 22.6 Å². The zero-order valence-corrected chi connectivity index (χ0v) is 13.5. The largest absolute Gasteiger partial charge is 0.497 e. The second kappa shape index (κ2) is 6.99. The Balaban J connectivity index is 2.54. The fraction of sp³-hybridized carbons (Fsp3) is 0.118. The average molecular weight is 329 g/mol. The molecular weight excluding hydrogens is 314 g/mol. The van der Waals surface area contributed by atoms with E-state index in [1.54, 1.807) is 42.5 Å². The van der Waals surface area contributed by atoms with Crippen molar-refractivity contribution in [3.63, 3.8) is 0 Å². The lowest BCUT2D eigenvalue weighted by Crippen LogP contribution is -2.03. The maximum absolute atomic E-state index is 12.5. The van der Waals surface area contributed by atoms with Crippen LogP contribution in [0.1, 0.15) is 5.56 Å². The summed E-state index contributed by atoms with van der Waals surface area (Å²) in [4.78, 5) is -0.285. The minimum Gasteiger partial charge on any atom is -0.497 e. The molecule has 0 amide bonds. The molecule has 23 heavy (non-hydrogen) atoms. The Hall–Kier alpha value is -2.78. The number of nitrogens with zero attached hydrogens (tertiary/aromatic N) is 1. The summed E-state index contributed by atoms with van der Waals surface area (Å²) in [5.74, 6) is 0.990. The van der Waals surface area contributed by atoms with E-state index in [1.807, 2.05) is 0 Å². The van der Waals surface area contributed by atoms with Crippen molar-refractivity contribution >= 4 is 15.9 Å². The van der Waals surface area contributed by atoms with Crippen molar-refractivity contribution in [3.05, 3.63) is 59.0 Å². The van der Waals surface area contributed by atoms with Gasteiger partial charge in [0.2, 0.25) is 9.84 Å². The lowest BCUT2D eigenvalue weighted by molar-refractivity contribution is 0.394. The summed E-state index contributed by atoms with van der Waals surface area (Å²) in [6, 6.07) is 14.5. The summed E-state index contributed by atoms with van der Waals surface area (Å²) in [5.41, 5.74) is 0.476. The van der Waals surface area contributed by atoms with Crippen LogP contribution < -0.4 is 9.47 Å². The Labute approximate surface area is 135 Å². The first kappa shape index (κ1) is 16.6. The monoisotopic (exact) mass is 329 g/mol. The van der Waals surface area contributed by atoms with Crippen molar-refractivity contribution in [3.8, 4) is 17.6 Å². The van der Waals surface area contributed by atoms with Gasteiger partial charge in [0, 0.05) is 11.6 Å². The zero-order valence-electron chi connectivity index (χ0n) is 12.7. The van der Waals surface area contributed by atoms with E-state index in [9.17, 15) is 13.7 Å². The van der Waals surface area contributed by atoms with E-state index in [-0.39, 0.29) is 9.80 Å². The van der Waals surface area contributed by atoms with Crippen LogP contribution in [0, 0.1) is 11.3 Å². The lowest BCUT2D eigenvalue weighted by atomic mass is 10.2. The standard InChI is InChI=1S/C17H15NO4S/c1-21-14-9-8-13(17(11-14)22-2)10-16(12-18)23(19,20)15-6-4-3-5-7-15/h3-11H,1-2H3. The quantitative estimate of drug-likeness (QED) is 0.788. The Morgan fingerprint density at radius 3 is 2.35 bits per heavy atom. The first-order chi connectivity index (χ1) is 11.0. The van der Waals surface area contributed by atoms with Crippen molar-refractivity contribution in [1.29, 1.82) is 5.26 Å². The molecular formula is C17H15NO4S. The summed E-state index contributed by atoms with van der Waals surface area (Å²) < 4.78 is 35.4. The van der Waals surface area contributed by atoms with Crippen molar-refractivity contribution < 1.29 is 17.9 Å². The third kappa shape index (κ3) is 3.52. The number of sulfone groups is 1. The molecule has 0 aliphatic rings. The fourth-order valence-corrected chi connectivity index (χ4v) is 3.15. The van der Waals surface area contributed by atoms with Crippen LogP contribution in [0.3, 0.4) is 0 Å². The van der Waals surface area contributed by atoms with Crippen LogP contribution in [0.15, 0.2) is 58.3 Å². The molecule has 6 heteroatoms. The number of benzene rings is 2. The van der Waals surface area contributed by atoms with Crippen LogP contribution in [0.25, 0.3) is 6.08 Å². The molecule has 118 valence electrons. The van der Waals surface area contributed by atoms with Gasteiger partial charge in [-0.1, -0.05) is 18.2 Å². The molecule has 0 N–H and O–H groups in total. The van der Waals surface area contributed by atoms with Gasteiger partial charge in [0.15, 0.2) is 0 Å². The lowest BCUT2D eigenvalue weighted by Gasteiger charge is -2.08. The molecule has 5 nitrogen and oxygen atoms in total. The number of nitriles is 1. The van der Waals surface area contributed by atoms with Crippen LogP contribution in [0.5, 0.6) is 11.5 Å². The number of hydrogen-bond acceptors (Lipinski definition) is 5. The molecule has 0 saturated carbocycles. The van der Waals surface area contributed by atoms with Crippen LogP contribution in [-0.2, 0) is 9.84 Å². The number of allylic oxidation sites excluding steroid dienone is 1. The highest BCUT2D eigenvalue weighted by Crippen LogP contribution is 2.28. The number of ether oxygens (including phenoxy) is 2. The Bertz CT molecular complexity index is 865.